The summed E-state index contributed by atoms with van der Waals surface area (Å²) in [7, 11) is 0. The van der Waals surface area contributed by atoms with Gasteiger partial charge in [0.2, 0.25) is 5.91 Å². The third-order valence-electron chi connectivity index (χ3n) is 4.92. The number of rotatable bonds is 7. The van der Waals surface area contributed by atoms with Gasteiger partial charge in [0.1, 0.15) is 5.82 Å². The van der Waals surface area contributed by atoms with Gasteiger partial charge in [-0.1, -0.05) is 42.0 Å². The fourth-order valence-electron chi connectivity index (χ4n) is 3.17. The van der Waals surface area contributed by atoms with E-state index in [1.165, 1.54) is 29.3 Å². The van der Waals surface area contributed by atoms with Gasteiger partial charge in [0.25, 0.3) is 0 Å². The van der Waals surface area contributed by atoms with Crippen molar-refractivity contribution < 1.29 is 9.18 Å². The lowest BCUT2D eigenvalue weighted by Crippen LogP contribution is -2.23. The molecule has 1 amide bonds. The third-order valence-corrected chi connectivity index (χ3v) is 4.92. The minimum Gasteiger partial charge on any atom is -0.352 e. The number of carbonyl (C=O) groups excluding carboxylic acids is 1. The second-order valence-corrected chi connectivity index (χ2v) is 7.23. The van der Waals surface area contributed by atoms with Crippen LogP contribution in [0.2, 0.25) is 0 Å². The molecular weight excluding hydrogens is 365 g/mol. The molecule has 150 valence electrons. The van der Waals surface area contributed by atoms with E-state index in [4.69, 9.17) is 0 Å². The van der Waals surface area contributed by atoms with E-state index in [0.717, 1.165) is 22.5 Å². The van der Waals surface area contributed by atoms with E-state index in [-0.39, 0.29) is 11.7 Å². The van der Waals surface area contributed by atoms with Crippen LogP contribution in [0.25, 0.3) is 6.08 Å². The second-order valence-electron chi connectivity index (χ2n) is 7.23. The molecule has 3 rings (SSSR count). The average Bonchev–Trinajstić information content (AvgIpc) is 2.96. The highest BCUT2D eigenvalue weighted by Gasteiger charge is 2.10. The molecule has 0 aliphatic heterocycles. The Kier molecular flexibility index (Phi) is 6.60. The quantitative estimate of drug-likeness (QED) is 0.608. The highest BCUT2D eigenvalue weighted by Crippen LogP contribution is 2.16. The van der Waals surface area contributed by atoms with Crippen molar-refractivity contribution in [2.45, 2.75) is 33.7 Å². The molecule has 0 bridgehead atoms. The maximum absolute atomic E-state index is 12.9. The maximum atomic E-state index is 12.9. The molecule has 0 unspecified atom stereocenters. The Balaban J connectivity index is 1.58. The van der Waals surface area contributed by atoms with Crippen molar-refractivity contribution in [3.05, 3.63) is 94.1 Å². The van der Waals surface area contributed by atoms with E-state index in [2.05, 4.69) is 41.6 Å². The van der Waals surface area contributed by atoms with Gasteiger partial charge in [0, 0.05) is 23.9 Å². The first-order chi connectivity index (χ1) is 13.9. The number of carbonyl (C=O) groups is 1. The van der Waals surface area contributed by atoms with Gasteiger partial charge in [-0.3, -0.25) is 9.48 Å². The first-order valence-electron chi connectivity index (χ1n) is 9.72. The molecule has 4 nitrogen and oxygen atoms in total. The van der Waals surface area contributed by atoms with Gasteiger partial charge >= 0.3 is 0 Å². The van der Waals surface area contributed by atoms with E-state index in [9.17, 15) is 9.18 Å². The molecule has 5 heteroatoms. The lowest BCUT2D eigenvalue weighted by Gasteiger charge is -2.05. The molecule has 1 N–H and O–H groups in total. The van der Waals surface area contributed by atoms with Crippen LogP contribution in [-0.4, -0.2) is 22.2 Å². The van der Waals surface area contributed by atoms with Crippen molar-refractivity contribution in [3.8, 4) is 0 Å². The normalized spacial score (nSPS) is 11.2. The molecule has 29 heavy (non-hydrogen) atoms. The summed E-state index contributed by atoms with van der Waals surface area (Å²) in [6.45, 7) is 7.23. The molecule has 0 aliphatic rings. The SMILES string of the molecule is Cc1ccc(Cn2nc(C)c(/C=C/C(=O)NCCc3ccc(F)cc3)c2C)cc1. The standard InChI is InChI=1S/C24H26FN3O/c1-17-4-6-21(7-5-17)16-28-19(3)23(18(2)27-28)12-13-24(29)26-15-14-20-8-10-22(25)11-9-20/h4-13H,14-16H2,1-3H3,(H,26,29)/b13-12+. The number of aromatic nitrogens is 2. The van der Waals surface area contributed by atoms with E-state index in [1.54, 1.807) is 12.1 Å². The molecule has 0 spiro atoms. The summed E-state index contributed by atoms with van der Waals surface area (Å²) in [5.41, 5.74) is 6.29. The first-order valence-corrected chi connectivity index (χ1v) is 9.72. The summed E-state index contributed by atoms with van der Waals surface area (Å²) in [5, 5.41) is 7.48. The predicted molar refractivity (Wildman–Crippen MR) is 114 cm³/mol. The Morgan fingerprint density at radius 3 is 2.38 bits per heavy atom. The summed E-state index contributed by atoms with van der Waals surface area (Å²) in [4.78, 5) is 12.1. The number of hydrogen-bond acceptors (Lipinski definition) is 2. The molecule has 3 aromatic rings. The van der Waals surface area contributed by atoms with Crippen LogP contribution >= 0.6 is 0 Å². The Morgan fingerprint density at radius 1 is 1.03 bits per heavy atom. The van der Waals surface area contributed by atoms with Crippen molar-refractivity contribution >= 4 is 12.0 Å². The van der Waals surface area contributed by atoms with Gasteiger partial charge < -0.3 is 5.32 Å². The molecule has 0 atom stereocenters. The minimum absolute atomic E-state index is 0.155. The number of benzene rings is 2. The van der Waals surface area contributed by atoms with Gasteiger partial charge in [-0.05, 0) is 56.5 Å². The molecule has 0 saturated carbocycles. The Hall–Kier alpha value is -3.21. The Bertz CT molecular complexity index is 1000. The summed E-state index contributed by atoms with van der Waals surface area (Å²) in [6, 6.07) is 14.7. The molecule has 0 aliphatic carbocycles. The highest BCUT2D eigenvalue weighted by atomic mass is 19.1. The summed E-state index contributed by atoms with van der Waals surface area (Å²) in [6.07, 6.45) is 4.01. The van der Waals surface area contributed by atoms with Gasteiger partial charge in [0.15, 0.2) is 0 Å². The van der Waals surface area contributed by atoms with Crippen LogP contribution in [-0.2, 0) is 17.8 Å². The van der Waals surface area contributed by atoms with E-state index in [0.29, 0.717) is 19.5 Å². The van der Waals surface area contributed by atoms with Crippen molar-refractivity contribution in [1.82, 2.24) is 15.1 Å². The largest absolute Gasteiger partial charge is 0.352 e. The molecule has 1 heterocycles. The van der Waals surface area contributed by atoms with Crippen LogP contribution in [0, 0.1) is 26.6 Å². The molecular formula is C24H26FN3O. The number of halogens is 1. The predicted octanol–water partition coefficient (Wildman–Crippen LogP) is 4.37. The number of nitrogens with one attached hydrogen (secondary N) is 1. The van der Waals surface area contributed by atoms with Crippen molar-refractivity contribution in [3.63, 3.8) is 0 Å². The summed E-state index contributed by atoms with van der Waals surface area (Å²) in [5.74, 6) is -0.411. The van der Waals surface area contributed by atoms with Crippen LogP contribution in [0.4, 0.5) is 4.39 Å². The van der Waals surface area contributed by atoms with Crippen LogP contribution in [0.1, 0.15) is 33.6 Å². The lowest BCUT2D eigenvalue weighted by molar-refractivity contribution is -0.116. The maximum Gasteiger partial charge on any atom is 0.244 e. The zero-order chi connectivity index (χ0) is 20.8. The van der Waals surface area contributed by atoms with Crippen LogP contribution in [0.3, 0.4) is 0 Å². The fraction of sp³-hybridized carbons (Fsp3) is 0.250. The van der Waals surface area contributed by atoms with Crippen LogP contribution in [0.5, 0.6) is 0 Å². The molecule has 0 radical (unpaired) electrons. The molecule has 2 aromatic carbocycles. The highest BCUT2D eigenvalue weighted by molar-refractivity contribution is 5.92. The minimum atomic E-state index is -0.255. The van der Waals surface area contributed by atoms with Crippen molar-refractivity contribution in [2.75, 3.05) is 6.54 Å². The summed E-state index contributed by atoms with van der Waals surface area (Å²) >= 11 is 0. The molecule has 1 aromatic heterocycles. The zero-order valence-electron chi connectivity index (χ0n) is 17.1. The average molecular weight is 391 g/mol. The Morgan fingerprint density at radius 2 is 1.69 bits per heavy atom. The molecule has 0 saturated heterocycles. The third kappa shape index (κ3) is 5.64. The number of aryl methyl sites for hydroxylation is 2. The van der Waals surface area contributed by atoms with E-state index in [1.807, 2.05) is 24.6 Å². The second kappa shape index (κ2) is 9.32. The van der Waals surface area contributed by atoms with Crippen LogP contribution in [0.15, 0.2) is 54.6 Å². The van der Waals surface area contributed by atoms with Crippen molar-refractivity contribution in [1.29, 1.82) is 0 Å². The topological polar surface area (TPSA) is 46.9 Å². The first kappa shape index (κ1) is 20.5. The van der Waals surface area contributed by atoms with Gasteiger partial charge in [-0.2, -0.15) is 5.10 Å². The van der Waals surface area contributed by atoms with Gasteiger partial charge in [-0.15, -0.1) is 0 Å². The number of nitrogens with zero attached hydrogens (tertiary/aromatic N) is 2. The van der Waals surface area contributed by atoms with Crippen LogP contribution < -0.4 is 5.32 Å². The zero-order valence-corrected chi connectivity index (χ0v) is 17.1. The van der Waals surface area contributed by atoms with Gasteiger partial charge in [0.05, 0.1) is 12.2 Å². The Labute approximate surface area is 171 Å². The lowest BCUT2D eigenvalue weighted by atomic mass is 10.1. The molecule has 0 fully saturated rings. The fourth-order valence-corrected chi connectivity index (χ4v) is 3.17. The number of hydrogen-bond donors (Lipinski definition) is 1. The van der Waals surface area contributed by atoms with Crippen molar-refractivity contribution in [2.24, 2.45) is 0 Å². The summed E-state index contributed by atoms with van der Waals surface area (Å²) < 4.78 is 14.9. The monoisotopic (exact) mass is 391 g/mol. The van der Waals surface area contributed by atoms with E-state index >= 15 is 0 Å². The van der Waals surface area contributed by atoms with Gasteiger partial charge in [-0.25, -0.2) is 4.39 Å². The smallest absolute Gasteiger partial charge is 0.244 e. The van der Waals surface area contributed by atoms with E-state index < -0.39 is 0 Å². The number of amides is 1.